The molecule has 19 heavy (non-hydrogen) atoms. The van der Waals surface area contributed by atoms with Gasteiger partial charge in [-0.05, 0) is 37.1 Å². The average molecular weight is 327 g/mol. The molecule has 1 fully saturated rings. The van der Waals surface area contributed by atoms with Gasteiger partial charge in [0, 0.05) is 10.9 Å². The van der Waals surface area contributed by atoms with E-state index in [2.05, 4.69) is 15.9 Å². The first-order chi connectivity index (χ1) is 8.99. The summed E-state index contributed by atoms with van der Waals surface area (Å²) >= 11 is 3.39. The number of carbonyl (C=O) groups excluding carboxylic acids is 2. The van der Waals surface area contributed by atoms with Crippen molar-refractivity contribution < 1.29 is 19.1 Å². The lowest BCUT2D eigenvalue weighted by molar-refractivity contribution is -0.150. The van der Waals surface area contributed by atoms with Crippen LogP contribution in [0, 0.1) is 5.41 Å². The summed E-state index contributed by atoms with van der Waals surface area (Å²) in [6.07, 6.45) is 0.737. The number of halogens is 1. The molecule has 0 spiro atoms. The molecule has 0 aromatic heterocycles. The molecule has 0 saturated carbocycles. The van der Waals surface area contributed by atoms with Crippen LogP contribution < -0.4 is 4.74 Å². The fourth-order valence-electron chi connectivity index (χ4n) is 2.37. The van der Waals surface area contributed by atoms with Gasteiger partial charge in [-0.25, -0.2) is 0 Å². The SMILES string of the molecule is COc1ccc(Br)cc1CC1(C(C)=O)CCOC1=O. The van der Waals surface area contributed by atoms with Crippen LogP contribution in [0.15, 0.2) is 22.7 Å². The number of methoxy groups -OCH3 is 1. The van der Waals surface area contributed by atoms with Crippen molar-refractivity contribution in [1.29, 1.82) is 0 Å². The van der Waals surface area contributed by atoms with Gasteiger partial charge in [-0.2, -0.15) is 0 Å². The first-order valence-corrected chi connectivity index (χ1v) is 6.79. The zero-order chi connectivity index (χ0) is 14.0. The Balaban J connectivity index is 2.40. The van der Waals surface area contributed by atoms with Crippen molar-refractivity contribution in [2.75, 3.05) is 13.7 Å². The maximum Gasteiger partial charge on any atom is 0.320 e. The molecule has 5 heteroatoms. The normalized spacial score (nSPS) is 22.2. The molecular weight excluding hydrogens is 312 g/mol. The number of benzene rings is 1. The summed E-state index contributed by atoms with van der Waals surface area (Å²) in [4.78, 5) is 23.8. The summed E-state index contributed by atoms with van der Waals surface area (Å²) in [6, 6.07) is 5.54. The lowest BCUT2D eigenvalue weighted by Gasteiger charge is -2.22. The first-order valence-electron chi connectivity index (χ1n) is 6.00. The predicted molar refractivity (Wildman–Crippen MR) is 73.1 cm³/mol. The summed E-state index contributed by atoms with van der Waals surface area (Å²) in [7, 11) is 1.57. The minimum Gasteiger partial charge on any atom is -0.496 e. The molecule has 0 aliphatic carbocycles. The molecule has 0 N–H and O–H groups in total. The van der Waals surface area contributed by atoms with Gasteiger partial charge >= 0.3 is 5.97 Å². The largest absolute Gasteiger partial charge is 0.496 e. The number of rotatable bonds is 4. The standard InChI is InChI=1S/C14H15BrO4/c1-9(16)14(5-6-19-13(14)17)8-10-7-11(15)3-4-12(10)18-2/h3-4,7H,5-6,8H2,1-2H3. The van der Waals surface area contributed by atoms with Gasteiger partial charge in [-0.3, -0.25) is 9.59 Å². The lowest BCUT2D eigenvalue weighted by Crippen LogP contribution is -2.36. The number of hydrogen-bond acceptors (Lipinski definition) is 4. The monoisotopic (exact) mass is 326 g/mol. The molecule has 1 aromatic rings. The molecular formula is C14H15BrO4. The summed E-state index contributed by atoms with van der Waals surface area (Å²) in [5, 5.41) is 0. The van der Waals surface area contributed by atoms with Crippen molar-refractivity contribution in [3.05, 3.63) is 28.2 Å². The quantitative estimate of drug-likeness (QED) is 0.630. The molecule has 1 atom stereocenters. The lowest BCUT2D eigenvalue weighted by atomic mass is 9.77. The Morgan fingerprint density at radius 3 is 2.79 bits per heavy atom. The van der Waals surface area contributed by atoms with Crippen LogP contribution in [0.2, 0.25) is 0 Å². The van der Waals surface area contributed by atoms with E-state index in [-0.39, 0.29) is 5.78 Å². The van der Waals surface area contributed by atoms with E-state index >= 15 is 0 Å². The van der Waals surface area contributed by atoms with Crippen molar-refractivity contribution in [1.82, 2.24) is 0 Å². The van der Waals surface area contributed by atoms with Crippen LogP contribution >= 0.6 is 15.9 Å². The smallest absolute Gasteiger partial charge is 0.320 e. The van der Waals surface area contributed by atoms with E-state index in [9.17, 15) is 9.59 Å². The highest BCUT2D eigenvalue weighted by Gasteiger charge is 2.49. The van der Waals surface area contributed by atoms with Gasteiger partial charge in [0.1, 0.15) is 16.9 Å². The van der Waals surface area contributed by atoms with Crippen LogP contribution in [0.5, 0.6) is 5.75 Å². The zero-order valence-electron chi connectivity index (χ0n) is 10.9. The van der Waals surface area contributed by atoms with E-state index in [1.165, 1.54) is 6.92 Å². The fraction of sp³-hybridized carbons (Fsp3) is 0.429. The van der Waals surface area contributed by atoms with Crippen LogP contribution in [0.4, 0.5) is 0 Å². The highest BCUT2D eigenvalue weighted by atomic mass is 79.9. The Kier molecular flexibility index (Phi) is 3.94. The Bertz CT molecular complexity index is 526. The summed E-state index contributed by atoms with van der Waals surface area (Å²) in [6.45, 7) is 1.74. The maximum absolute atomic E-state index is 11.9. The third-order valence-electron chi connectivity index (χ3n) is 3.56. The van der Waals surface area contributed by atoms with Gasteiger partial charge in [0.2, 0.25) is 0 Å². The molecule has 0 radical (unpaired) electrons. The molecule has 4 nitrogen and oxygen atoms in total. The Morgan fingerprint density at radius 1 is 1.53 bits per heavy atom. The Morgan fingerprint density at radius 2 is 2.26 bits per heavy atom. The molecule has 102 valence electrons. The van der Waals surface area contributed by atoms with Gasteiger partial charge in [0.05, 0.1) is 13.7 Å². The van der Waals surface area contributed by atoms with E-state index in [1.54, 1.807) is 7.11 Å². The first kappa shape index (κ1) is 14.1. The van der Waals surface area contributed by atoms with Gasteiger partial charge in [0.15, 0.2) is 0 Å². The average Bonchev–Trinajstić information content (AvgIpc) is 2.72. The van der Waals surface area contributed by atoms with Gasteiger partial charge in [0.25, 0.3) is 0 Å². The summed E-state index contributed by atoms with van der Waals surface area (Å²) in [5.41, 5.74) is -0.237. The second-order valence-electron chi connectivity index (χ2n) is 4.66. The highest BCUT2D eigenvalue weighted by Crippen LogP contribution is 2.38. The number of cyclic esters (lactones) is 1. The second-order valence-corrected chi connectivity index (χ2v) is 5.57. The topological polar surface area (TPSA) is 52.6 Å². The third kappa shape index (κ3) is 2.52. The Labute approximate surface area is 120 Å². The molecule has 1 aliphatic rings. The Hall–Kier alpha value is -1.36. The molecule has 1 aromatic carbocycles. The molecule has 1 aliphatic heterocycles. The van der Waals surface area contributed by atoms with Crippen molar-refractivity contribution in [2.45, 2.75) is 19.8 Å². The van der Waals surface area contributed by atoms with E-state index in [4.69, 9.17) is 9.47 Å². The third-order valence-corrected chi connectivity index (χ3v) is 4.05. The van der Waals surface area contributed by atoms with Crippen LogP contribution in [-0.4, -0.2) is 25.5 Å². The van der Waals surface area contributed by atoms with E-state index in [1.807, 2.05) is 18.2 Å². The van der Waals surface area contributed by atoms with E-state index in [0.29, 0.717) is 25.2 Å². The fourth-order valence-corrected chi connectivity index (χ4v) is 2.78. The van der Waals surface area contributed by atoms with Crippen LogP contribution in [0.3, 0.4) is 0 Å². The van der Waals surface area contributed by atoms with Gasteiger partial charge in [-0.15, -0.1) is 0 Å². The second kappa shape index (κ2) is 5.33. The van der Waals surface area contributed by atoms with Crippen molar-refractivity contribution in [3.8, 4) is 5.75 Å². The number of hydrogen-bond donors (Lipinski definition) is 0. The van der Waals surface area contributed by atoms with Gasteiger partial charge in [-0.1, -0.05) is 15.9 Å². The van der Waals surface area contributed by atoms with Crippen molar-refractivity contribution in [2.24, 2.45) is 5.41 Å². The maximum atomic E-state index is 11.9. The van der Waals surface area contributed by atoms with Crippen LogP contribution in [0.25, 0.3) is 0 Å². The van der Waals surface area contributed by atoms with Crippen molar-refractivity contribution >= 4 is 27.7 Å². The number of ether oxygens (including phenoxy) is 2. The highest BCUT2D eigenvalue weighted by molar-refractivity contribution is 9.10. The van der Waals surface area contributed by atoms with Crippen molar-refractivity contribution in [3.63, 3.8) is 0 Å². The summed E-state index contributed by atoms with van der Waals surface area (Å²) in [5.74, 6) is 0.0857. The predicted octanol–water partition coefficient (Wildman–Crippen LogP) is 2.52. The number of esters is 1. The van der Waals surface area contributed by atoms with Crippen LogP contribution in [0.1, 0.15) is 18.9 Å². The molecule has 2 rings (SSSR count). The van der Waals surface area contributed by atoms with E-state index in [0.717, 1.165) is 10.0 Å². The van der Waals surface area contributed by atoms with E-state index < -0.39 is 11.4 Å². The molecule has 0 bridgehead atoms. The number of ketones is 1. The number of carbonyl (C=O) groups is 2. The minimum atomic E-state index is -1.06. The molecule has 0 amide bonds. The zero-order valence-corrected chi connectivity index (χ0v) is 12.5. The minimum absolute atomic E-state index is 0.156. The summed E-state index contributed by atoms with van der Waals surface area (Å²) < 4.78 is 11.2. The molecule has 1 unspecified atom stereocenters. The molecule has 1 heterocycles. The number of Topliss-reactive ketones (excluding diaryl/α,β-unsaturated/α-hetero) is 1. The van der Waals surface area contributed by atoms with Crippen LogP contribution in [-0.2, 0) is 20.7 Å². The van der Waals surface area contributed by atoms with Gasteiger partial charge < -0.3 is 9.47 Å². The molecule has 1 saturated heterocycles.